The van der Waals surface area contributed by atoms with Gasteiger partial charge in [0.2, 0.25) is 6.79 Å². The monoisotopic (exact) mass is 545 g/mol. The molecule has 40 heavy (non-hydrogen) atoms. The van der Waals surface area contributed by atoms with E-state index in [0.29, 0.717) is 13.0 Å². The molecule has 2 aromatic rings. The molecule has 5 atom stereocenters. The minimum absolute atomic E-state index is 0.0179. The fourth-order valence-electron chi connectivity index (χ4n) is 7.72. The van der Waals surface area contributed by atoms with Crippen LogP contribution in [0, 0.1) is 32.1 Å². The van der Waals surface area contributed by atoms with Gasteiger partial charge in [-0.15, -0.1) is 0 Å². The minimum Gasteiger partial charge on any atom is -0.489 e. The molecule has 2 aromatic carbocycles. The second kappa shape index (κ2) is 10.3. The molecule has 0 radical (unpaired) electrons. The van der Waals surface area contributed by atoms with Crippen molar-refractivity contribution in [3.8, 4) is 29.1 Å². The third-order valence-electron chi connectivity index (χ3n) is 9.46. The number of nitriles is 1. The van der Waals surface area contributed by atoms with Crippen molar-refractivity contribution >= 4 is 0 Å². The third kappa shape index (κ3) is 3.75. The van der Waals surface area contributed by atoms with Gasteiger partial charge in [0.05, 0.1) is 12.1 Å². The van der Waals surface area contributed by atoms with Gasteiger partial charge in [-0.1, -0.05) is 25.6 Å². The number of rotatable bonds is 7. The summed E-state index contributed by atoms with van der Waals surface area (Å²) < 4.78 is 30.1. The lowest BCUT2D eigenvalue weighted by atomic mass is 9.71. The maximum absolute atomic E-state index is 10.7. The van der Waals surface area contributed by atoms with Crippen molar-refractivity contribution in [1.82, 2.24) is 9.80 Å². The highest BCUT2D eigenvalue weighted by atomic mass is 16.7. The average Bonchev–Trinajstić information content (AvgIpc) is 3.44. The van der Waals surface area contributed by atoms with Crippen LogP contribution < -0.4 is 18.9 Å². The SMILES string of the molecule is C=CCOc1c(C)c2c(c3c1CC1[C@H]4c5c(cc(C)c(C)c5OCOC)C[C@@H](C(C#N)N1[C@H]3CC)N4C)OCO2. The lowest BCUT2D eigenvalue weighted by molar-refractivity contribution is -0.0744. The molecular weight excluding hydrogens is 506 g/mol. The van der Waals surface area contributed by atoms with E-state index < -0.39 is 0 Å². The molecular formula is C32H39N3O5. The first kappa shape index (κ1) is 26.9. The number of methoxy groups -OCH3 is 1. The van der Waals surface area contributed by atoms with E-state index >= 15 is 0 Å². The predicted molar refractivity (Wildman–Crippen MR) is 151 cm³/mol. The van der Waals surface area contributed by atoms with E-state index in [4.69, 9.17) is 23.7 Å². The first-order chi connectivity index (χ1) is 19.4. The van der Waals surface area contributed by atoms with Crippen molar-refractivity contribution in [3.05, 3.63) is 57.7 Å². The van der Waals surface area contributed by atoms with Crippen molar-refractivity contribution in [2.24, 2.45) is 0 Å². The van der Waals surface area contributed by atoms with Crippen molar-refractivity contribution in [2.45, 2.75) is 77.2 Å². The molecule has 212 valence electrons. The smallest absolute Gasteiger partial charge is 0.231 e. The van der Waals surface area contributed by atoms with Crippen molar-refractivity contribution < 1.29 is 23.7 Å². The molecule has 0 aromatic heterocycles. The van der Waals surface area contributed by atoms with Crippen LogP contribution in [0.15, 0.2) is 18.7 Å². The van der Waals surface area contributed by atoms with E-state index in [1.54, 1.807) is 13.2 Å². The Morgan fingerprint density at radius 3 is 2.55 bits per heavy atom. The Balaban J connectivity index is 1.59. The van der Waals surface area contributed by atoms with Crippen LogP contribution >= 0.6 is 0 Å². The van der Waals surface area contributed by atoms with Crippen LogP contribution in [0.5, 0.6) is 23.0 Å². The molecule has 2 bridgehead atoms. The summed E-state index contributed by atoms with van der Waals surface area (Å²) in [7, 11) is 3.83. The molecule has 0 spiro atoms. The standard InChI is InChI=1S/C32H39N3O5/c1-8-10-37-29-19(5)31-32(40-16-39-31)27-21(29)13-24-28-26-20(11-17(3)18(4)30(26)38-15-36-7)12-23(34(28)6)25(14-33)35(24)22(27)9-2/h8,11,22-25,28H,1,9-10,12-13,15-16H2,2-7H3/t22-,23-,24?,25?,28-/m0/s1. The molecule has 4 heterocycles. The van der Waals surface area contributed by atoms with E-state index in [0.717, 1.165) is 58.1 Å². The predicted octanol–water partition coefficient (Wildman–Crippen LogP) is 5.07. The molecule has 6 rings (SSSR count). The number of hydrogen-bond donors (Lipinski definition) is 0. The van der Waals surface area contributed by atoms with Crippen LogP contribution in [-0.4, -0.2) is 62.3 Å². The van der Waals surface area contributed by atoms with E-state index in [1.165, 1.54) is 16.7 Å². The van der Waals surface area contributed by atoms with E-state index in [2.05, 4.69) is 56.3 Å². The largest absolute Gasteiger partial charge is 0.489 e. The van der Waals surface area contributed by atoms with E-state index in [1.807, 2.05) is 6.92 Å². The molecule has 4 aliphatic rings. The van der Waals surface area contributed by atoms with Gasteiger partial charge >= 0.3 is 0 Å². The number of piperazine rings is 1. The first-order valence-electron chi connectivity index (χ1n) is 14.2. The highest BCUT2D eigenvalue weighted by Gasteiger charge is 2.56. The normalized spacial score (nSPS) is 26.4. The number of hydrogen-bond acceptors (Lipinski definition) is 8. The Labute approximate surface area is 237 Å². The Bertz CT molecular complexity index is 1400. The molecule has 0 aliphatic carbocycles. The quantitative estimate of drug-likeness (QED) is 0.353. The molecule has 1 fully saturated rings. The maximum atomic E-state index is 10.7. The van der Waals surface area contributed by atoms with Gasteiger partial charge in [-0.3, -0.25) is 9.80 Å². The third-order valence-corrected chi connectivity index (χ3v) is 9.46. The zero-order chi connectivity index (χ0) is 28.3. The van der Waals surface area contributed by atoms with E-state index in [-0.39, 0.29) is 43.8 Å². The van der Waals surface area contributed by atoms with Crippen molar-refractivity contribution in [1.29, 1.82) is 5.26 Å². The molecule has 4 aliphatic heterocycles. The van der Waals surface area contributed by atoms with Crippen LogP contribution in [0.25, 0.3) is 0 Å². The molecule has 8 heteroatoms. The van der Waals surface area contributed by atoms with Gasteiger partial charge in [-0.25, -0.2) is 0 Å². The number of benzene rings is 2. The van der Waals surface area contributed by atoms with Crippen LogP contribution in [0.1, 0.15) is 64.4 Å². The topological polar surface area (TPSA) is 76.4 Å². The molecule has 0 saturated carbocycles. The van der Waals surface area contributed by atoms with Gasteiger partial charge in [-0.05, 0) is 63.8 Å². The second-order valence-corrected chi connectivity index (χ2v) is 11.4. The average molecular weight is 546 g/mol. The number of ether oxygens (including phenoxy) is 5. The number of aryl methyl sites for hydroxylation is 1. The van der Waals surface area contributed by atoms with Crippen LogP contribution in [0.2, 0.25) is 0 Å². The molecule has 2 unspecified atom stereocenters. The fourth-order valence-corrected chi connectivity index (χ4v) is 7.72. The highest BCUT2D eigenvalue weighted by Crippen LogP contribution is 2.58. The molecule has 8 nitrogen and oxygen atoms in total. The van der Waals surface area contributed by atoms with Gasteiger partial charge in [0.15, 0.2) is 18.3 Å². The Morgan fingerprint density at radius 2 is 1.85 bits per heavy atom. The summed E-state index contributed by atoms with van der Waals surface area (Å²) >= 11 is 0. The van der Waals surface area contributed by atoms with Gasteiger partial charge in [0.1, 0.15) is 24.1 Å². The molecule has 1 saturated heterocycles. The lowest BCUT2D eigenvalue weighted by Crippen LogP contribution is -2.68. The lowest BCUT2D eigenvalue weighted by Gasteiger charge is -2.60. The number of nitrogens with zero attached hydrogens (tertiary/aromatic N) is 3. The Hall–Kier alpha value is -3.25. The van der Waals surface area contributed by atoms with Crippen LogP contribution in [0.4, 0.5) is 0 Å². The fraction of sp³-hybridized carbons (Fsp3) is 0.531. The molecule has 0 N–H and O–H groups in total. The minimum atomic E-state index is -0.278. The number of fused-ring (bicyclic) bond motifs is 9. The van der Waals surface area contributed by atoms with Crippen molar-refractivity contribution in [3.63, 3.8) is 0 Å². The zero-order valence-corrected chi connectivity index (χ0v) is 24.4. The summed E-state index contributed by atoms with van der Waals surface area (Å²) in [6, 6.07) is 4.85. The molecule has 0 amide bonds. The summed E-state index contributed by atoms with van der Waals surface area (Å²) in [5.41, 5.74) is 8.02. The van der Waals surface area contributed by atoms with Crippen LogP contribution in [-0.2, 0) is 17.6 Å². The zero-order valence-electron chi connectivity index (χ0n) is 24.4. The summed E-state index contributed by atoms with van der Waals surface area (Å²) in [5.74, 6) is 3.32. The van der Waals surface area contributed by atoms with Gasteiger partial charge in [0, 0.05) is 47.5 Å². The van der Waals surface area contributed by atoms with Gasteiger partial charge in [0.25, 0.3) is 0 Å². The summed E-state index contributed by atoms with van der Waals surface area (Å²) in [4.78, 5) is 4.90. The summed E-state index contributed by atoms with van der Waals surface area (Å²) in [6.07, 6.45) is 4.11. The second-order valence-electron chi connectivity index (χ2n) is 11.4. The Morgan fingerprint density at radius 1 is 1.07 bits per heavy atom. The van der Waals surface area contributed by atoms with E-state index in [9.17, 15) is 5.26 Å². The summed E-state index contributed by atoms with van der Waals surface area (Å²) in [5, 5.41) is 10.7. The maximum Gasteiger partial charge on any atom is 0.231 e. The van der Waals surface area contributed by atoms with Crippen molar-refractivity contribution in [2.75, 3.05) is 34.4 Å². The highest BCUT2D eigenvalue weighted by molar-refractivity contribution is 5.66. The number of likely N-dealkylation sites (N-methyl/N-ethyl adjacent to an activating group) is 1. The van der Waals surface area contributed by atoms with Gasteiger partial charge < -0.3 is 23.7 Å². The van der Waals surface area contributed by atoms with Gasteiger partial charge in [-0.2, -0.15) is 5.26 Å². The van der Waals surface area contributed by atoms with Crippen LogP contribution in [0.3, 0.4) is 0 Å². The Kier molecular flexibility index (Phi) is 6.94. The first-order valence-corrected chi connectivity index (χ1v) is 14.2. The summed E-state index contributed by atoms with van der Waals surface area (Å²) in [6.45, 7) is 13.2.